The third-order valence-electron chi connectivity index (χ3n) is 3.64. The lowest BCUT2D eigenvalue weighted by Crippen LogP contribution is -2.51. The molecule has 0 aliphatic carbocycles. The second kappa shape index (κ2) is 7.74. The number of rotatable bonds is 4. The molecular weight excluding hydrogens is 324 g/mol. The molecule has 1 aromatic carbocycles. The molecular formula is C15H19ClN2O3S. The summed E-state index contributed by atoms with van der Waals surface area (Å²) in [5.41, 5.74) is 0.789. The molecule has 1 aliphatic heterocycles. The number of carbonyl (C=O) groups excluding carboxylic acids is 2. The predicted molar refractivity (Wildman–Crippen MR) is 87.0 cm³/mol. The Labute approximate surface area is 137 Å². The average molecular weight is 343 g/mol. The first-order valence-electron chi connectivity index (χ1n) is 7.09. The summed E-state index contributed by atoms with van der Waals surface area (Å²) in [6.45, 7) is 3.61. The summed E-state index contributed by atoms with van der Waals surface area (Å²) in [4.78, 5) is 26.8. The van der Waals surface area contributed by atoms with Crippen molar-refractivity contribution in [2.75, 3.05) is 31.9 Å². The van der Waals surface area contributed by atoms with Gasteiger partial charge in [0.25, 0.3) is 0 Å². The average Bonchev–Trinajstić information content (AvgIpc) is 2.49. The summed E-state index contributed by atoms with van der Waals surface area (Å²) >= 11 is 6.03. The Balaban J connectivity index is 1.83. The Kier molecular flexibility index (Phi) is 5.97. The first kappa shape index (κ1) is 17.0. The van der Waals surface area contributed by atoms with Crippen LogP contribution in [0.2, 0.25) is 5.02 Å². The van der Waals surface area contributed by atoms with E-state index in [9.17, 15) is 13.8 Å². The van der Waals surface area contributed by atoms with Crippen molar-refractivity contribution in [3.63, 3.8) is 0 Å². The van der Waals surface area contributed by atoms with E-state index in [2.05, 4.69) is 0 Å². The number of hydrogen-bond donors (Lipinski definition) is 0. The highest BCUT2D eigenvalue weighted by atomic mass is 35.5. The molecule has 0 N–H and O–H groups in total. The van der Waals surface area contributed by atoms with Crippen molar-refractivity contribution in [2.45, 2.75) is 12.7 Å². The van der Waals surface area contributed by atoms with Crippen LogP contribution >= 0.6 is 11.6 Å². The minimum Gasteiger partial charge on any atom is -0.339 e. The van der Waals surface area contributed by atoms with Crippen LogP contribution in [0.1, 0.15) is 12.5 Å². The normalized spacial score (nSPS) is 16.5. The van der Waals surface area contributed by atoms with Crippen LogP contribution in [0.15, 0.2) is 24.3 Å². The largest absolute Gasteiger partial charge is 0.339 e. The molecule has 1 unspecified atom stereocenters. The van der Waals surface area contributed by atoms with Crippen LogP contribution in [0.25, 0.3) is 0 Å². The quantitative estimate of drug-likeness (QED) is 0.828. The molecule has 22 heavy (non-hydrogen) atoms. The lowest BCUT2D eigenvalue weighted by atomic mass is 10.2. The van der Waals surface area contributed by atoms with Gasteiger partial charge in [-0.25, -0.2) is 0 Å². The molecule has 5 nitrogen and oxygen atoms in total. The van der Waals surface area contributed by atoms with Gasteiger partial charge in [0.2, 0.25) is 11.8 Å². The zero-order valence-corrected chi connectivity index (χ0v) is 14.0. The Hall–Kier alpha value is -1.40. The molecule has 1 saturated heterocycles. The standard InChI is InChI=1S/C15H19ClN2O3S/c1-12(19)17-6-8-18(9-7-17)15(20)11-22(21)10-13-4-2-3-5-14(13)16/h2-5H,6-11H2,1H3. The van der Waals surface area contributed by atoms with Gasteiger partial charge in [0, 0.05) is 48.9 Å². The van der Waals surface area contributed by atoms with Crippen molar-refractivity contribution in [1.29, 1.82) is 0 Å². The lowest BCUT2D eigenvalue weighted by Gasteiger charge is -2.34. The van der Waals surface area contributed by atoms with E-state index in [0.29, 0.717) is 31.2 Å². The van der Waals surface area contributed by atoms with Gasteiger partial charge in [-0.2, -0.15) is 0 Å². The molecule has 120 valence electrons. The molecule has 0 aromatic heterocycles. The third-order valence-corrected chi connectivity index (χ3v) is 5.21. The first-order valence-corrected chi connectivity index (χ1v) is 8.95. The van der Waals surface area contributed by atoms with Crippen molar-refractivity contribution in [3.05, 3.63) is 34.9 Å². The molecule has 0 radical (unpaired) electrons. The maximum absolute atomic E-state index is 12.2. The zero-order chi connectivity index (χ0) is 16.1. The van der Waals surface area contributed by atoms with Gasteiger partial charge < -0.3 is 9.80 Å². The van der Waals surface area contributed by atoms with Gasteiger partial charge in [-0.1, -0.05) is 29.8 Å². The molecule has 1 aliphatic rings. The number of halogens is 1. The van der Waals surface area contributed by atoms with E-state index in [0.717, 1.165) is 5.56 Å². The van der Waals surface area contributed by atoms with E-state index >= 15 is 0 Å². The fourth-order valence-electron chi connectivity index (χ4n) is 2.34. The van der Waals surface area contributed by atoms with Gasteiger partial charge in [-0.3, -0.25) is 13.8 Å². The van der Waals surface area contributed by atoms with E-state index < -0.39 is 10.8 Å². The Morgan fingerprint density at radius 3 is 2.32 bits per heavy atom. The van der Waals surface area contributed by atoms with Crippen LogP contribution in [0.4, 0.5) is 0 Å². The molecule has 7 heteroatoms. The van der Waals surface area contributed by atoms with Crippen LogP contribution < -0.4 is 0 Å². The molecule has 1 atom stereocenters. The lowest BCUT2D eigenvalue weighted by molar-refractivity contribution is -0.136. The van der Waals surface area contributed by atoms with Crippen molar-refractivity contribution >= 4 is 34.2 Å². The topological polar surface area (TPSA) is 57.7 Å². The van der Waals surface area contributed by atoms with Gasteiger partial charge in [0.05, 0.1) is 5.75 Å². The molecule has 0 spiro atoms. The highest BCUT2D eigenvalue weighted by Gasteiger charge is 2.23. The third kappa shape index (κ3) is 4.55. The predicted octanol–water partition coefficient (Wildman–Crippen LogP) is 1.28. The van der Waals surface area contributed by atoms with Gasteiger partial charge >= 0.3 is 0 Å². The molecule has 1 fully saturated rings. The first-order chi connectivity index (χ1) is 10.5. The van der Waals surface area contributed by atoms with Gasteiger partial charge in [0.1, 0.15) is 5.75 Å². The monoisotopic (exact) mass is 342 g/mol. The van der Waals surface area contributed by atoms with E-state index in [-0.39, 0.29) is 23.3 Å². The highest BCUT2D eigenvalue weighted by molar-refractivity contribution is 7.84. The maximum Gasteiger partial charge on any atom is 0.235 e. The maximum atomic E-state index is 12.2. The van der Waals surface area contributed by atoms with E-state index in [1.807, 2.05) is 18.2 Å². The van der Waals surface area contributed by atoms with Crippen molar-refractivity contribution < 1.29 is 13.8 Å². The number of carbonyl (C=O) groups is 2. The molecule has 0 bridgehead atoms. The Morgan fingerprint density at radius 2 is 1.73 bits per heavy atom. The molecule has 1 heterocycles. The van der Waals surface area contributed by atoms with Crippen molar-refractivity contribution in [2.24, 2.45) is 0 Å². The van der Waals surface area contributed by atoms with Gasteiger partial charge in [0.15, 0.2) is 0 Å². The summed E-state index contributed by atoms with van der Waals surface area (Å²) in [5, 5.41) is 0.568. The highest BCUT2D eigenvalue weighted by Crippen LogP contribution is 2.17. The van der Waals surface area contributed by atoms with Crippen molar-refractivity contribution in [1.82, 2.24) is 9.80 Å². The van der Waals surface area contributed by atoms with E-state index in [1.165, 1.54) is 6.92 Å². The zero-order valence-electron chi connectivity index (χ0n) is 12.5. The summed E-state index contributed by atoms with van der Waals surface area (Å²) in [7, 11) is -1.29. The number of amides is 2. The molecule has 0 saturated carbocycles. The molecule has 2 rings (SSSR count). The van der Waals surface area contributed by atoms with Gasteiger partial charge in [-0.15, -0.1) is 0 Å². The minimum absolute atomic E-state index is 0.00864. The summed E-state index contributed by atoms with van der Waals surface area (Å²) in [6.07, 6.45) is 0. The van der Waals surface area contributed by atoms with Crippen molar-refractivity contribution in [3.8, 4) is 0 Å². The Bertz CT molecular complexity index is 586. The molecule has 1 aromatic rings. The second-order valence-electron chi connectivity index (χ2n) is 5.21. The smallest absolute Gasteiger partial charge is 0.235 e. The summed E-state index contributed by atoms with van der Waals surface area (Å²) in [6, 6.07) is 7.21. The van der Waals surface area contributed by atoms with Crippen LogP contribution in [0.3, 0.4) is 0 Å². The van der Waals surface area contributed by atoms with Gasteiger partial charge in [-0.05, 0) is 11.6 Å². The van der Waals surface area contributed by atoms with Crippen LogP contribution in [-0.2, 0) is 26.1 Å². The minimum atomic E-state index is -1.29. The number of benzene rings is 1. The van der Waals surface area contributed by atoms with Crippen LogP contribution in [-0.4, -0.2) is 57.8 Å². The van der Waals surface area contributed by atoms with E-state index in [4.69, 9.17) is 11.6 Å². The Morgan fingerprint density at radius 1 is 1.14 bits per heavy atom. The van der Waals surface area contributed by atoms with Crippen LogP contribution in [0.5, 0.6) is 0 Å². The SMILES string of the molecule is CC(=O)N1CCN(C(=O)CS(=O)Cc2ccccc2Cl)CC1. The van der Waals surface area contributed by atoms with Crippen LogP contribution in [0, 0.1) is 0 Å². The second-order valence-corrected chi connectivity index (χ2v) is 7.07. The fraction of sp³-hybridized carbons (Fsp3) is 0.467. The number of nitrogens with zero attached hydrogens (tertiary/aromatic N) is 2. The number of piperazine rings is 1. The molecule has 2 amide bonds. The fourth-order valence-corrected chi connectivity index (χ4v) is 3.78. The number of hydrogen-bond acceptors (Lipinski definition) is 3. The van der Waals surface area contributed by atoms with E-state index in [1.54, 1.807) is 15.9 Å². The summed E-state index contributed by atoms with van der Waals surface area (Å²) in [5.74, 6) is 0.160. The summed E-state index contributed by atoms with van der Waals surface area (Å²) < 4.78 is 12.1.